The maximum Gasteiger partial charge on any atom is 0.165 e. The lowest BCUT2D eigenvalue weighted by Crippen LogP contribution is -2.41. The molecule has 0 radical (unpaired) electrons. The molecule has 1 aliphatic heterocycles. The van der Waals surface area contributed by atoms with E-state index in [0.717, 1.165) is 35.5 Å². The van der Waals surface area contributed by atoms with Gasteiger partial charge < -0.3 is 0 Å². The van der Waals surface area contributed by atoms with E-state index in [9.17, 15) is 4.79 Å². The number of nitrogens with zero attached hydrogens (tertiary/aromatic N) is 1. The van der Waals surface area contributed by atoms with E-state index >= 15 is 0 Å². The fourth-order valence-electron chi connectivity index (χ4n) is 3.37. The number of piperidine rings is 1. The first kappa shape index (κ1) is 17.2. The molecule has 0 spiro atoms. The van der Waals surface area contributed by atoms with Crippen molar-refractivity contribution >= 4 is 5.78 Å². The molecule has 0 aromatic carbocycles. The molecule has 122 valence electrons. The molecule has 1 heterocycles. The average molecular weight is 301 g/mol. The van der Waals surface area contributed by atoms with E-state index in [-0.39, 0.29) is 11.7 Å². The molecule has 0 aromatic heterocycles. The largest absolute Gasteiger partial charge is 0.297 e. The fraction of sp³-hybridized carbons (Fsp3) is 0.650. The van der Waals surface area contributed by atoms with Crippen LogP contribution < -0.4 is 0 Å². The number of Topliss-reactive ketones (excluding diaryl/α,β-unsaturated/α-hetero) is 1. The Morgan fingerprint density at radius 2 is 2.00 bits per heavy atom. The van der Waals surface area contributed by atoms with Crippen LogP contribution in [0.4, 0.5) is 0 Å². The third-order valence-corrected chi connectivity index (χ3v) is 5.29. The van der Waals surface area contributed by atoms with Gasteiger partial charge in [0.25, 0.3) is 0 Å². The highest BCUT2D eigenvalue weighted by molar-refractivity contribution is 6.02. The van der Waals surface area contributed by atoms with Gasteiger partial charge in [-0.3, -0.25) is 9.69 Å². The van der Waals surface area contributed by atoms with Gasteiger partial charge in [-0.2, -0.15) is 0 Å². The quantitative estimate of drug-likeness (QED) is 0.743. The van der Waals surface area contributed by atoms with Crippen molar-refractivity contribution < 1.29 is 4.79 Å². The van der Waals surface area contributed by atoms with Crippen molar-refractivity contribution in [2.24, 2.45) is 11.8 Å². The zero-order valence-electron chi connectivity index (χ0n) is 14.7. The van der Waals surface area contributed by atoms with Gasteiger partial charge in [0.05, 0.1) is 0 Å². The minimum Gasteiger partial charge on any atom is -0.297 e. The number of likely N-dealkylation sites (tertiary alicyclic amines) is 1. The predicted molar refractivity (Wildman–Crippen MR) is 93.8 cm³/mol. The summed E-state index contributed by atoms with van der Waals surface area (Å²) in [4.78, 5) is 15.2. The Bertz CT molecular complexity index is 492. The van der Waals surface area contributed by atoms with Gasteiger partial charge in [-0.25, -0.2) is 0 Å². The lowest BCUT2D eigenvalue weighted by molar-refractivity contribution is -0.118. The Kier molecular flexibility index (Phi) is 5.80. The highest BCUT2D eigenvalue weighted by Crippen LogP contribution is 2.31. The third-order valence-electron chi connectivity index (χ3n) is 5.29. The van der Waals surface area contributed by atoms with Gasteiger partial charge in [0.1, 0.15) is 0 Å². The van der Waals surface area contributed by atoms with Gasteiger partial charge in [0, 0.05) is 17.5 Å². The topological polar surface area (TPSA) is 20.3 Å². The van der Waals surface area contributed by atoms with Gasteiger partial charge in [-0.05, 0) is 57.2 Å². The summed E-state index contributed by atoms with van der Waals surface area (Å²) >= 11 is 0. The van der Waals surface area contributed by atoms with Gasteiger partial charge in [-0.15, -0.1) is 0 Å². The fourth-order valence-corrected chi connectivity index (χ4v) is 3.37. The van der Waals surface area contributed by atoms with Gasteiger partial charge in [0.2, 0.25) is 0 Å². The summed E-state index contributed by atoms with van der Waals surface area (Å²) in [5.74, 6) is 1.23. The van der Waals surface area contributed by atoms with E-state index in [1.54, 1.807) is 0 Å². The summed E-state index contributed by atoms with van der Waals surface area (Å²) in [7, 11) is 0. The van der Waals surface area contributed by atoms with Crippen molar-refractivity contribution in [1.82, 2.24) is 4.90 Å². The molecule has 1 fully saturated rings. The molecular formula is C20H31NO. The second-order valence-electron chi connectivity index (χ2n) is 7.17. The predicted octanol–water partition coefficient (Wildman–Crippen LogP) is 4.53. The molecule has 2 aliphatic rings. The molecule has 22 heavy (non-hydrogen) atoms. The Hall–Kier alpha value is -1.15. The Balaban J connectivity index is 2.16. The lowest BCUT2D eigenvalue weighted by Gasteiger charge is -2.37. The van der Waals surface area contributed by atoms with E-state index in [1.807, 2.05) is 13.8 Å². The highest BCUT2D eigenvalue weighted by atomic mass is 16.1. The van der Waals surface area contributed by atoms with E-state index in [4.69, 9.17) is 0 Å². The number of ketones is 1. The summed E-state index contributed by atoms with van der Waals surface area (Å²) in [6, 6.07) is 0.438. The van der Waals surface area contributed by atoms with Gasteiger partial charge in [0.15, 0.2) is 5.78 Å². The van der Waals surface area contributed by atoms with Crippen LogP contribution in [-0.4, -0.2) is 29.8 Å². The molecule has 1 saturated heterocycles. The van der Waals surface area contributed by atoms with E-state index in [0.29, 0.717) is 6.04 Å². The summed E-state index contributed by atoms with van der Waals surface area (Å²) in [6.45, 7) is 14.9. The second-order valence-corrected chi connectivity index (χ2v) is 7.17. The summed E-state index contributed by atoms with van der Waals surface area (Å²) in [5.41, 5.74) is 3.00. The minimum atomic E-state index is 0.0985. The van der Waals surface area contributed by atoms with Crippen LogP contribution >= 0.6 is 0 Å². The number of hydrogen-bond acceptors (Lipinski definition) is 2. The summed E-state index contributed by atoms with van der Waals surface area (Å²) < 4.78 is 0. The first-order valence-electron chi connectivity index (χ1n) is 8.80. The molecule has 0 aromatic rings. The Morgan fingerprint density at radius 1 is 1.36 bits per heavy atom. The molecule has 0 amide bonds. The smallest absolute Gasteiger partial charge is 0.165 e. The van der Waals surface area contributed by atoms with E-state index in [1.165, 1.54) is 25.9 Å². The van der Waals surface area contributed by atoms with Crippen LogP contribution in [0.25, 0.3) is 0 Å². The van der Waals surface area contributed by atoms with Crippen molar-refractivity contribution in [3.63, 3.8) is 0 Å². The molecule has 1 aliphatic carbocycles. The van der Waals surface area contributed by atoms with Crippen LogP contribution in [0.1, 0.15) is 53.4 Å². The van der Waals surface area contributed by atoms with Crippen molar-refractivity contribution in [3.8, 4) is 0 Å². The van der Waals surface area contributed by atoms with Crippen molar-refractivity contribution in [1.29, 1.82) is 0 Å². The molecule has 2 rings (SSSR count). The summed E-state index contributed by atoms with van der Waals surface area (Å²) in [5, 5.41) is 0. The highest BCUT2D eigenvalue weighted by Gasteiger charge is 2.28. The van der Waals surface area contributed by atoms with Crippen LogP contribution in [0, 0.1) is 11.8 Å². The van der Waals surface area contributed by atoms with Crippen LogP contribution in [0.5, 0.6) is 0 Å². The minimum absolute atomic E-state index is 0.0985. The maximum atomic E-state index is 12.6. The number of allylic oxidation sites excluding steroid dienone is 3. The first-order valence-corrected chi connectivity index (χ1v) is 8.80. The molecular weight excluding hydrogens is 270 g/mol. The molecule has 2 heteroatoms. The second kappa shape index (κ2) is 7.41. The van der Waals surface area contributed by atoms with Crippen molar-refractivity contribution in [2.45, 2.75) is 59.4 Å². The molecule has 2 unspecified atom stereocenters. The zero-order chi connectivity index (χ0) is 16.3. The lowest BCUT2D eigenvalue weighted by atomic mass is 9.83. The van der Waals surface area contributed by atoms with Gasteiger partial charge >= 0.3 is 0 Å². The molecule has 2 atom stereocenters. The third kappa shape index (κ3) is 3.78. The number of hydrogen-bond donors (Lipinski definition) is 0. The standard InChI is InChI=1S/C20H31NO/c1-6-16(5)20(22)18-8-7-17(13-19(18)14(2)3)21-11-9-15(4)10-12-21/h8,13,15-17H,2,6-7,9-12H2,1,3-5H3. The Labute approximate surface area is 136 Å². The van der Waals surface area contributed by atoms with Crippen LogP contribution in [0.3, 0.4) is 0 Å². The molecule has 0 bridgehead atoms. The monoisotopic (exact) mass is 301 g/mol. The van der Waals surface area contributed by atoms with E-state index in [2.05, 4.69) is 37.5 Å². The number of rotatable bonds is 5. The van der Waals surface area contributed by atoms with Crippen LogP contribution in [-0.2, 0) is 4.79 Å². The number of carbonyl (C=O) groups excluding carboxylic acids is 1. The van der Waals surface area contributed by atoms with Gasteiger partial charge in [-0.1, -0.05) is 45.1 Å². The first-order chi connectivity index (χ1) is 10.4. The normalized spacial score (nSPS) is 25.4. The zero-order valence-corrected chi connectivity index (χ0v) is 14.7. The van der Waals surface area contributed by atoms with Crippen molar-refractivity contribution in [2.75, 3.05) is 13.1 Å². The molecule has 2 nitrogen and oxygen atoms in total. The van der Waals surface area contributed by atoms with Crippen LogP contribution in [0.2, 0.25) is 0 Å². The maximum absolute atomic E-state index is 12.6. The average Bonchev–Trinajstić information content (AvgIpc) is 2.53. The SMILES string of the molecule is C=C(C)C1=CC(N2CCC(C)CC2)CC=C1C(=O)C(C)CC. The molecule has 0 N–H and O–H groups in total. The summed E-state index contributed by atoms with van der Waals surface area (Å²) in [6.07, 6.45) is 8.90. The van der Waals surface area contributed by atoms with E-state index < -0.39 is 0 Å². The van der Waals surface area contributed by atoms with Crippen molar-refractivity contribution in [3.05, 3.63) is 35.5 Å². The van der Waals surface area contributed by atoms with Crippen LogP contribution in [0.15, 0.2) is 35.5 Å². The number of carbonyl (C=O) groups is 1. The molecule has 0 saturated carbocycles. The Morgan fingerprint density at radius 3 is 2.55 bits per heavy atom.